The van der Waals surface area contributed by atoms with Gasteiger partial charge in [0.2, 0.25) is 11.5 Å². The van der Waals surface area contributed by atoms with E-state index < -0.39 is 29.9 Å². The number of imidazole rings is 1. The standard InChI is InChI=1S/C14H14ClF3N4O2/c1-22-5-4-19-12(22)13(24,14(16,17)18)6-11(23)21-8-9-2-3-10(15)20-7-9/h2-5,7,24H,6,8H2,1H3,(H,21,23). The summed E-state index contributed by atoms with van der Waals surface area (Å²) in [6.45, 7) is -0.0441. The Bertz CT molecular complexity index is 718. The third-order valence-corrected chi connectivity index (χ3v) is 3.58. The van der Waals surface area contributed by atoms with Gasteiger partial charge in [-0.3, -0.25) is 4.79 Å². The van der Waals surface area contributed by atoms with Gasteiger partial charge in [-0.1, -0.05) is 17.7 Å². The highest BCUT2D eigenvalue weighted by molar-refractivity contribution is 6.29. The van der Waals surface area contributed by atoms with Gasteiger partial charge < -0.3 is 15.0 Å². The number of aliphatic hydroxyl groups is 1. The van der Waals surface area contributed by atoms with E-state index in [-0.39, 0.29) is 11.7 Å². The maximum Gasteiger partial charge on any atom is 0.425 e. The zero-order chi connectivity index (χ0) is 18.0. The second kappa shape index (κ2) is 6.78. The van der Waals surface area contributed by atoms with Crippen molar-refractivity contribution < 1.29 is 23.1 Å². The molecule has 0 aliphatic heterocycles. The van der Waals surface area contributed by atoms with Crippen LogP contribution in [0.1, 0.15) is 17.8 Å². The van der Waals surface area contributed by atoms with Crippen molar-refractivity contribution in [3.8, 4) is 0 Å². The fraction of sp³-hybridized carbons (Fsp3) is 0.357. The molecule has 2 aromatic rings. The van der Waals surface area contributed by atoms with Crippen molar-refractivity contribution in [1.82, 2.24) is 19.9 Å². The molecular weight excluding hydrogens is 349 g/mol. The molecular formula is C14H14ClF3N4O2. The Morgan fingerprint density at radius 3 is 2.58 bits per heavy atom. The molecule has 1 unspecified atom stereocenters. The number of hydrogen-bond acceptors (Lipinski definition) is 4. The molecule has 0 bridgehead atoms. The van der Waals surface area contributed by atoms with E-state index in [0.29, 0.717) is 5.56 Å². The van der Waals surface area contributed by atoms with Gasteiger partial charge >= 0.3 is 6.18 Å². The SMILES string of the molecule is Cn1ccnc1C(O)(CC(=O)NCc1ccc(Cl)nc1)C(F)(F)F. The molecule has 1 atom stereocenters. The van der Waals surface area contributed by atoms with Gasteiger partial charge in [-0.25, -0.2) is 9.97 Å². The summed E-state index contributed by atoms with van der Waals surface area (Å²) in [5.41, 5.74) is -2.83. The van der Waals surface area contributed by atoms with Gasteiger partial charge in [0.25, 0.3) is 0 Å². The molecule has 0 spiro atoms. The number of hydrogen-bond donors (Lipinski definition) is 2. The van der Waals surface area contributed by atoms with Gasteiger partial charge in [0.05, 0.1) is 6.42 Å². The summed E-state index contributed by atoms with van der Waals surface area (Å²) >= 11 is 5.62. The molecule has 2 aromatic heterocycles. The van der Waals surface area contributed by atoms with Crippen molar-refractivity contribution in [2.75, 3.05) is 0 Å². The average Bonchev–Trinajstić information content (AvgIpc) is 2.92. The third-order valence-electron chi connectivity index (χ3n) is 3.35. The number of pyridine rings is 1. The van der Waals surface area contributed by atoms with E-state index in [1.165, 1.54) is 25.5 Å². The Hall–Kier alpha value is -2.13. The number of nitrogens with zero attached hydrogens (tertiary/aromatic N) is 3. The normalized spacial score (nSPS) is 14.2. The molecule has 2 N–H and O–H groups in total. The van der Waals surface area contributed by atoms with E-state index in [4.69, 9.17) is 11.6 Å². The van der Waals surface area contributed by atoms with Gasteiger partial charge in [0.15, 0.2) is 5.82 Å². The molecule has 2 rings (SSSR count). The number of carbonyl (C=O) groups is 1. The Labute approximate surface area is 140 Å². The third kappa shape index (κ3) is 3.85. The van der Waals surface area contributed by atoms with E-state index in [1.54, 1.807) is 6.07 Å². The van der Waals surface area contributed by atoms with Crippen LogP contribution in [0.25, 0.3) is 0 Å². The molecule has 0 aliphatic carbocycles. The first kappa shape index (κ1) is 18.2. The van der Waals surface area contributed by atoms with E-state index in [0.717, 1.165) is 10.8 Å². The van der Waals surface area contributed by atoms with Crippen LogP contribution in [0.15, 0.2) is 30.7 Å². The van der Waals surface area contributed by atoms with Crippen LogP contribution in [-0.4, -0.2) is 31.7 Å². The number of nitrogens with one attached hydrogen (secondary N) is 1. The lowest BCUT2D eigenvalue weighted by Gasteiger charge is -2.29. The maximum absolute atomic E-state index is 13.3. The number of aromatic nitrogens is 3. The second-order valence-corrected chi connectivity index (χ2v) is 5.55. The quantitative estimate of drug-likeness (QED) is 0.796. The summed E-state index contributed by atoms with van der Waals surface area (Å²) in [6.07, 6.45) is -2.52. The lowest BCUT2D eigenvalue weighted by Crippen LogP contribution is -2.47. The van der Waals surface area contributed by atoms with E-state index in [1.807, 2.05) is 0 Å². The molecule has 10 heteroatoms. The highest BCUT2D eigenvalue weighted by atomic mass is 35.5. The smallest absolute Gasteiger partial charge is 0.374 e. The first-order chi connectivity index (χ1) is 11.1. The number of carbonyl (C=O) groups excluding carboxylic acids is 1. The summed E-state index contributed by atoms with van der Waals surface area (Å²) in [5.74, 6) is -1.63. The highest BCUT2D eigenvalue weighted by Crippen LogP contribution is 2.40. The molecule has 0 fully saturated rings. The van der Waals surface area contributed by atoms with E-state index >= 15 is 0 Å². The van der Waals surface area contributed by atoms with Crippen molar-refractivity contribution >= 4 is 17.5 Å². The largest absolute Gasteiger partial charge is 0.425 e. The molecule has 0 aromatic carbocycles. The minimum Gasteiger partial charge on any atom is -0.374 e. The van der Waals surface area contributed by atoms with Crippen molar-refractivity contribution in [2.24, 2.45) is 7.05 Å². The Balaban J connectivity index is 2.11. The summed E-state index contributed by atoms with van der Waals surface area (Å²) < 4.78 is 40.9. The Morgan fingerprint density at radius 1 is 1.38 bits per heavy atom. The van der Waals surface area contributed by atoms with Crippen molar-refractivity contribution in [2.45, 2.75) is 24.7 Å². The lowest BCUT2D eigenvalue weighted by atomic mass is 9.97. The molecule has 6 nitrogen and oxygen atoms in total. The monoisotopic (exact) mass is 362 g/mol. The van der Waals surface area contributed by atoms with Crippen LogP contribution in [0.4, 0.5) is 13.2 Å². The minimum absolute atomic E-state index is 0.0441. The minimum atomic E-state index is -5.06. The summed E-state index contributed by atoms with van der Waals surface area (Å²) in [6, 6.07) is 3.06. The maximum atomic E-state index is 13.3. The van der Waals surface area contributed by atoms with Gasteiger partial charge in [0.1, 0.15) is 5.15 Å². The van der Waals surface area contributed by atoms with Crippen LogP contribution in [-0.2, 0) is 24.0 Å². The molecule has 2 heterocycles. The van der Waals surface area contributed by atoms with Crippen LogP contribution in [0.3, 0.4) is 0 Å². The topological polar surface area (TPSA) is 80.0 Å². The van der Waals surface area contributed by atoms with Crippen LogP contribution < -0.4 is 5.32 Å². The lowest BCUT2D eigenvalue weighted by molar-refractivity contribution is -0.271. The van der Waals surface area contributed by atoms with Crippen LogP contribution >= 0.6 is 11.6 Å². The first-order valence-corrected chi connectivity index (χ1v) is 7.15. The summed E-state index contributed by atoms with van der Waals surface area (Å²) in [4.78, 5) is 19.2. The molecule has 130 valence electrons. The fourth-order valence-electron chi connectivity index (χ4n) is 2.08. The van der Waals surface area contributed by atoms with Crippen molar-refractivity contribution in [3.05, 3.63) is 47.3 Å². The zero-order valence-corrected chi connectivity index (χ0v) is 13.3. The Morgan fingerprint density at radius 2 is 2.08 bits per heavy atom. The molecule has 24 heavy (non-hydrogen) atoms. The molecule has 0 aliphatic rings. The van der Waals surface area contributed by atoms with Gasteiger partial charge in [0, 0.05) is 32.2 Å². The average molecular weight is 363 g/mol. The number of aryl methyl sites for hydroxylation is 1. The first-order valence-electron chi connectivity index (χ1n) is 6.77. The van der Waals surface area contributed by atoms with Gasteiger partial charge in [-0.2, -0.15) is 13.2 Å². The van der Waals surface area contributed by atoms with E-state index in [2.05, 4.69) is 15.3 Å². The number of halogens is 4. The summed E-state index contributed by atoms with van der Waals surface area (Å²) in [7, 11) is 1.30. The number of alkyl halides is 3. The highest BCUT2D eigenvalue weighted by Gasteiger charge is 2.58. The van der Waals surface area contributed by atoms with Crippen LogP contribution in [0.2, 0.25) is 5.15 Å². The van der Waals surface area contributed by atoms with Gasteiger partial charge in [-0.15, -0.1) is 0 Å². The molecule has 1 amide bonds. The zero-order valence-electron chi connectivity index (χ0n) is 12.5. The Kier molecular flexibility index (Phi) is 5.14. The van der Waals surface area contributed by atoms with E-state index in [9.17, 15) is 23.1 Å². The second-order valence-electron chi connectivity index (χ2n) is 5.16. The molecule has 0 radical (unpaired) electrons. The predicted octanol–water partition coefficient (Wildman–Crippen LogP) is 1.92. The summed E-state index contributed by atoms with van der Waals surface area (Å²) in [5, 5.41) is 12.7. The van der Waals surface area contributed by atoms with Crippen LogP contribution in [0, 0.1) is 0 Å². The van der Waals surface area contributed by atoms with Crippen molar-refractivity contribution in [1.29, 1.82) is 0 Å². The molecule has 0 saturated heterocycles. The molecule has 0 saturated carbocycles. The predicted molar refractivity (Wildman–Crippen MR) is 78.9 cm³/mol. The van der Waals surface area contributed by atoms with Gasteiger partial charge in [-0.05, 0) is 11.6 Å². The van der Waals surface area contributed by atoms with Crippen LogP contribution in [0.5, 0.6) is 0 Å². The fourth-order valence-corrected chi connectivity index (χ4v) is 2.19. The number of amides is 1. The number of rotatable bonds is 5. The van der Waals surface area contributed by atoms with Crippen molar-refractivity contribution in [3.63, 3.8) is 0 Å².